The monoisotopic (exact) mass is 331 g/mol. The van der Waals surface area contributed by atoms with Crippen LogP contribution < -0.4 is 0 Å². The molecule has 0 spiro atoms. The van der Waals surface area contributed by atoms with Crippen molar-refractivity contribution < 1.29 is 14.3 Å². The average molecular weight is 331 g/mol. The number of aromatic nitrogens is 2. The first-order chi connectivity index (χ1) is 11.4. The smallest absolute Gasteiger partial charge is 0.272 e. The summed E-state index contributed by atoms with van der Waals surface area (Å²) in [5, 5.41) is 14.1. The molecule has 3 rings (SSSR count). The third kappa shape index (κ3) is 3.06. The van der Waals surface area contributed by atoms with Gasteiger partial charge in [-0.3, -0.25) is 9.48 Å². The molecule has 1 amide bonds. The number of rotatable bonds is 4. The van der Waals surface area contributed by atoms with Crippen molar-refractivity contribution in [2.75, 3.05) is 19.7 Å². The molecule has 0 bridgehead atoms. The number of nitrogens with zero attached hydrogens (tertiary/aromatic N) is 3. The number of likely N-dealkylation sites (tertiary alicyclic amines) is 1. The first kappa shape index (κ1) is 16.6. The summed E-state index contributed by atoms with van der Waals surface area (Å²) >= 11 is 0. The molecule has 1 unspecified atom stereocenters. The van der Waals surface area contributed by atoms with Crippen molar-refractivity contribution >= 4 is 5.91 Å². The maximum atomic E-state index is 13.1. The van der Waals surface area contributed by atoms with E-state index in [2.05, 4.69) is 5.10 Å². The molecule has 0 radical (unpaired) electrons. The second kappa shape index (κ2) is 6.36. The summed E-state index contributed by atoms with van der Waals surface area (Å²) in [6, 6.07) is 6.33. The van der Waals surface area contributed by atoms with E-state index < -0.39 is 0 Å². The minimum Gasteiger partial charge on any atom is -0.396 e. The Morgan fingerprint density at radius 3 is 2.67 bits per heavy atom. The highest BCUT2D eigenvalue weighted by atomic mass is 19.1. The number of carbonyl (C=O) groups is 1. The van der Waals surface area contributed by atoms with E-state index in [1.807, 2.05) is 6.92 Å². The Hall–Kier alpha value is -2.21. The predicted molar refractivity (Wildman–Crippen MR) is 88.1 cm³/mol. The van der Waals surface area contributed by atoms with Crippen molar-refractivity contribution in [2.24, 2.45) is 12.5 Å². The summed E-state index contributed by atoms with van der Waals surface area (Å²) < 4.78 is 14.7. The Bertz CT molecular complexity index is 722. The molecule has 1 saturated heterocycles. The molecule has 1 aliphatic rings. The van der Waals surface area contributed by atoms with E-state index >= 15 is 0 Å². The Morgan fingerprint density at radius 1 is 1.38 bits per heavy atom. The molecular weight excluding hydrogens is 309 g/mol. The summed E-state index contributed by atoms with van der Waals surface area (Å²) in [6.07, 6.45) is 3.03. The molecule has 0 aliphatic carbocycles. The van der Waals surface area contributed by atoms with Crippen LogP contribution in [0.1, 0.15) is 28.0 Å². The van der Waals surface area contributed by atoms with Crippen molar-refractivity contribution in [1.82, 2.24) is 14.7 Å². The SMILES string of the molecule is Cc1cnn(C)c1C(=O)N1CCC(CO)(Cc2ccc(F)cc2)C1. The van der Waals surface area contributed by atoms with Gasteiger partial charge in [0, 0.05) is 25.6 Å². The van der Waals surface area contributed by atoms with E-state index in [-0.39, 0.29) is 23.7 Å². The number of aliphatic hydroxyl groups is 1. The van der Waals surface area contributed by atoms with Crippen molar-refractivity contribution in [3.63, 3.8) is 0 Å². The predicted octanol–water partition coefficient (Wildman–Crippen LogP) is 1.93. The summed E-state index contributed by atoms with van der Waals surface area (Å²) in [5.41, 5.74) is 2.03. The molecule has 1 aromatic heterocycles. The minimum atomic E-state index is -0.375. The van der Waals surface area contributed by atoms with Gasteiger partial charge in [-0.1, -0.05) is 12.1 Å². The number of hydrogen-bond acceptors (Lipinski definition) is 3. The number of aryl methyl sites for hydroxylation is 2. The van der Waals surface area contributed by atoms with Crippen LogP contribution in [0.15, 0.2) is 30.5 Å². The fourth-order valence-corrected chi connectivity index (χ4v) is 3.48. The zero-order valence-electron chi connectivity index (χ0n) is 14.0. The van der Waals surface area contributed by atoms with Crippen molar-refractivity contribution in [2.45, 2.75) is 19.8 Å². The van der Waals surface area contributed by atoms with Gasteiger partial charge < -0.3 is 10.0 Å². The van der Waals surface area contributed by atoms with E-state index in [9.17, 15) is 14.3 Å². The second-order valence-corrected chi connectivity index (χ2v) is 6.74. The second-order valence-electron chi connectivity index (χ2n) is 6.74. The molecular formula is C18H22FN3O2. The highest BCUT2D eigenvalue weighted by Gasteiger charge is 2.40. The lowest BCUT2D eigenvalue weighted by molar-refractivity contribution is 0.0728. The Labute approximate surface area is 140 Å². The van der Waals surface area contributed by atoms with Gasteiger partial charge in [0.2, 0.25) is 0 Å². The van der Waals surface area contributed by atoms with Gasteiger partial charge in [0.1, 0.15) is 11.5 Å². The molecule has 5 nitrogen and oxygen atoms in total. The zero-order chi connectivity index (χ0) is 17.3. The molecule has 1 fully saturated rings. The van der Waals surface area contributed by atoms with Gasteiger partial charge >= 0.3 is 0 Å². The third-order valence-corrected chi connectivity index (χ3v) is 4.88. The summed E-state index contributed by atoms with van der Waals surface area (Å²) in [6.45, 7) is 2.96. The molecule has 6 heteroatoms. The number of hydrogen-bond donors (Lipinski definition) is 1. The summed E-state index contributed by atoms with van der Waals surface area (Å²) in [4.78, 5) is 14.6. The fraction of sp³-hybridized carbons (Fsp3) is 0.444. The Kier molecular flexibility index (Phi) is 4.41. The zero-order valence-corrected chi connectivity index (χ0v) is 14.0. The van der Waals surface area contributed by atoms with E-state index in [0.29, 0.717) is 25.2 Å². The molecule has 1 atom stereocenters. The molecule has 1 aliphatic heterocycles. The van der Waals surface area contributed by atoms with Gasteiger partial charge in [-0.25, -0.2) is 4.39 Å². The highest BCUT2D eigenvalue weighted by Crippen LogP contribution is 2.34. The van der Waals surface area contributed by atoms with Crippen molar-refractivity contribution in [1.29, 1.82) is 0 Å². The molecule has 1 N–H and O–H groups in total. The Morgan fingerprint density at radius 2 is 2.08 bits per heavy atom. The van der Waals surface area contributed by atoms with E-state index in [1.54, 1.807) is 35.0 Å². The maximum Gasteiger partial charge on any atom is 0.272 e. The molecule has 2 aromatic rings. The quantitative estimate of drug-likeness (QED) is 0.931. The van der Waals surface area contributed by atoms with Gasteiger partial charge in [-0.05, 0) is 43.0 Å². The van der Waals surface area contributed by atoms with Gasteiger partial charge in [-0.2, -0.15) is 5.10 Å². The van der Waals surface area contributed by atoms with E-state index in [1.165, 1.54) is 12.1 Å². The summed E-state index contributed by atoms with van der Waals surface area (Å²) in [7, 11) is 1.76. The molecule has 128 valence electrons. The average Bonchev–Trinajstić information content (AvgIpc) is 3.14. The molecule has 1 aromatic carbocycles. The van der Waals surface area contributed by atoms with Gasteiger partial charge in [0.25, 0.3) is 5.91 Å². The molecule has 24 heavy (non-hydrogen) atoms. The number of aliphatic hydroxyl groups excluding tert-OH is 1. The lowest BCUT2D eigenvalue weighted by atomic mass is 9.81. The first-order valence-corrected chi connectivity index (χ1v) is 8.07. The largest absolute Gasteiger partial charge is 0.396 e. The van der Waals surface area contributed by atoms with Crippen LogP contribution in [-0.2, 0) is 13.5 Å². The molecule has 2 heterocycles. The topological polar surface area (TPSA) is 58.4 Å². The van der Waals surface area contributed by atoms with Crippen molar-refractivity contribution in [3.05, 3.63) is 53.1 Å². The minimum absolute atomic E-state index is 0.00146. The normalized spacial score (nSPS) is 20.6. The van der Waals surface area contributed by atoms with Gasteiger partial charge in [0.05, 0.1) is 12.8 Å². The van der Waals surface area contributed by atoms with E-state index in [0.717, 1.165) is 17.5 Å². The number of halogens is 1. The van der Waals surface area contributed by atoms with Crippen LogP contribution >= 0.6 is 0 Å². The summed E-state index contributed by atoms with van der Waals surface area (Å²) in [5.74, 6) is -0.325. The van der Waals surface area contributed by atoms with Crippen LogP contribution in [0.2, 0.25) is 0 Å². The number of amides is 1. The first-order valence-electron chi connectivity index (χ1n) is 8.07. The number of benzene rings is 1. The lowest BCUT2D eigenvalue weighted by Crippen LogP contribution is -2.36. The van der Waals surface area contributed by atoms with Crippen LogP contribution in [0.3, 0.4) is 0 Å². The van der Waals surface area contributed by atoms with Crippen LogP contribution in [0.5, 0.6) is 0 Å². The van der Waals surface area contributed by atoms with Crippen LogP contribution in [0.4, 0.5) is 4.39 Å². The van der Waals surface area contributed by atoms with E-state index in [4.69, 9.17) is 0 Å². The van der Waals surface area contributed by atoms with Crippen LogP contribution in [0.25, 0.3) is 0 Å². The van der Waals surface area contributed by atoms with Gasteiger partial charge in [-0.15, -0.1) is 0 Å². The Balaban J connectivity index is 1.76. The van der Waals surface area contributed by atoms with Crippen molar-refractivity contribution in [3.8, 4) is 0 Å². The highest BCUT2D eigenvalue weighted by molar-refractivity contribution is 5.94. The molecule has 0 saturated carbocycles. The fourth-order valence-electron chi connectivity index (χ4n) is 3.48. The van der Waals surface area contributed by atoms with Crippen LogP contribution in [-0.4, -0.2) is 45.4 Å². The van der Waals surface area contributed by atoms with Gasteiger partial charge in [0.15, 0.2) is 0 Å². The maximum absolute atomic E-state index is 13.1. The van der Waals surface area contributed by atoms with Crippen LogP contribution in [0, 0.1) is 18.2 Å². The third-order valence-electron chi connectivity index (χ3n) is 4.88. The number of carbonyl (C=O) groups excluding carboxylic acids is 1. The lowest BCUT2D eigenvalue weighted by Gasteiger charge is -2.27. The standard InChI is InChI=1S/C18H22FN3O2/c1-13-10-20-21(2)16(13)17(24)22-8-7-18(11-22,12-23)9-14-3-5-15(19)6-4-14/h3-6,10,23H,7-9,11-12H2,1-2H3.